The molecule has 32 heavy (non-hydrogen) atoms. The van der Waals surface area contributed by atoms with Crippen LogP contribution in [-0.2, 0) is 6.42 Å². The lowest BCUT2D eigenvalue weighted by atomic mass is 9.72. The second kappa shape index (κ2) is 6.72. The minimum absolute atomic E-state index is 0.0734. The van der Waals surface area contributed by atoms with Crippen molar-refractivity contribution in [2.24, 2.45) is 0 Å². The first kappa shape index (κ1) is 18.5. The maximum absolute atomic E-state index is 6.81. The Morgan fingerprint density at radius 1 is 0.594 bits per heavy atom. The Hall–Kier alpha value is -3.06. The van der Waals surface area contributed by atoms with Crippen molar-refractivity contribution < 1.29 is 0 Å². The molecule has 152 valence electrons. The summed E-state index contributed by atoms with van der Waals surface area (Å²) in [6.45, 7) is 0. The third-order valence-corrected chi connectivity index (χ3v) is 7.65. The van der Waals surface area contributed by atoms with Crippen LogP contribution in [0.4, 0.5) is 0 Å². The molecule has 0 saturated carbocycles. The standard InChI is InChI=1S/C30H18Cl2/c31-22-11-13-24(26(32)16-22)30-23-7-2-1-4-19(23)14-21-15-20-9-8-17-5-3-6-18-10-12-25(29(21)30)28(20)27(17)18/h1-13,15-16,30H,14H2. The molecular weight excluding hydrogens is 431 g/mol. The second-order valence-electron chi connectivity index (χ2n) is 8.78. The molecule has 0 N–H and O–H groups in total. The fraction of sp³-hybridized carbons (Fsp3) is 0.0667. The highest BCUT2D eigenvalue weighted by atomic mass is 35.5. The van der Waals surface area contributed by atoms with Crippen molar-refractivity contribution in [3.63, 3.8) is 0 Å². The Labute approximate surface area is 196 Å². The van der Waals surface area contributed by atoms with Crippen LogP contribution in [0, 0.1) is 0 Å². The lowest BCUT2D eigenvalue weighted by Gasteiger charge is -2.32. The summed E-state index contributed by atoms with van der Waals surface area (Å²) < 4.78 is 0. The highest BCUT2D eigenvalue weighted by Gasteiger charge is 2.31. The van der Waals surface area contributed by atoms with Gasteiger partial charge in [-0.2, -0.15) is 0 Å². The first-order valence-corrected chi connectivity index (χ1v) is 11.7. The van der Waals surface area contributed by atoms with Crippen LogP contribution in [0.5, 0.6) is 0 Å². The number of hydrogen-bond acceptors (Lipinski definition) is 0. The van der Waals surface area contributed by atoms with Crippen LogP contribution in [0.3, 0.4) is 0 Å². The van der Waals surface area contributed by atoms with Crippen LogP contribution in [0.1, 0.15) is 33.7 Å². The van der Waals surface area contributed by atoms with Crippen LogP contribution in [0.25, 0.3) is 32.3 Å². The summed E-state index contributed by atoms with van der Waals surface area (Å²) in [5.41, 5.74) is 6.56. The van der Waals surface area contributed by atoms with E-state index < -0.39 is 0 Å². The molecule has 1 aliphatic rings. The molecule has 1 atom stereocenters. The monoisotopic (exact) mass is 448 g/mol. The summed E-state index contributed by atoms with van der Waals surface area (Å²) in [7, 11) is 0. The van der Waals surface area contributed by atoms with Crippen molar-refractivity contribution in [2.75, 3.05) is 0 Å². The van der Waals surface area contributed by atoms with Gasteiger partial charge in [-0.15, -0.1) is 0 Å². The zero-order chi connectivity index (χ0) is 21.4. The van der Waals surface area contributed by atoms with Crippen molar-refractivity contribution in [3.8, 4) is 0 Å². The molecule has 6 aromatic carbocycles. The van der Waals surface area contributed by atoms with E-state index in [-0.39, 0.29) is 5.92 Å². The van der Waals surface area contributed by atoms with E-state index in [1.807, 2.05) is 12.1 Å². The molecular formula is C30H18Cl2. The van der Waals surface area contributed by atoms with Gasteiger partial charge in [0, 0.05) is 16.0 Å². The average Bonchev–Trinajstić information content (AvgIpc) is 2.81. The molecule has 0 aliphatic heterocycles. The van der Waals surface area contributed by atoms with Crippen molar-refractivity contribution in [1.82, 2.24) is 0 Å². The van der Waals surface area contributed by atoms with Crippen molar-refractivity contribution in [3.05, 3.63) is 129 Å². The molecule has 0 nitrogen and oxygen atoms in total. The van der Waals surface area contributed by atoms with Gasteiger partial charge in [-0.25, -0.2) is 0 Å². The van der Waals surface area contributed by atoms with E-state index in [9.17, 15) is 0 Å². The Morgan fingerprint density at radius 3 is 2.22 bits per heavy atom. The second-order valence-corrected chi connectivity index (χ2v) is 9.62. The zero-order valence-electron chi connectivity index (χ0n) is 17.2. The molecule has 6 aromatic rings. The van der Waals surface area contributed by atoms with Gasteiger partial charge in [0.25, 0.3) is 0 Å². The van der Waals surface area contributed by atoms with Crippen LogP contribution >= 0.6 is 23.2 Å². The fourth-order valence-corrected chi connectivity index (χ4v) is 6.29. The molecule has 0 spiro atoms. The normalized spacial score (nSPS) is 15.4. The van der Waals surface area contributed by atoms with Gasteiger partial charge in [0.2, 0.25) is 0 Å². The third kappa shape index (κ3) is 2.51. The topological polar surface area (TPSA) is 0 Å². The Bertz CT molecular complexity index is 1660. The van der Waals surface area contributed by atoms with E-state index in [1.165, 1.54) is 54.6 Å². The van der Waals surface area contributed by atoms with Gasteiger partial charge in [-0.3, -0.25) is 0 Å². The van der Waals surface area contributed by atoms with Gasteiger partial charge in [-0.1, -0.05) is 102 Å². The zero-order valence-corrected chi connectivity index (χ0v) is 18.7. The number of benzene rings is 6. The number of hydrogen-bond donors (Lipinski definition) is 0. The van der Waals surface area contributed by atoms with Crippen molar-refractivity contribution >= 4 is 55.5 Å². The van der Waals surface area contributed by atoms with E-state index in [4.69, 9.17) is 23.2 Å². The van der Waals surface area contributed by atoms with Gasteiger partial charge in [0.1, 0.15) is 0 Å². The van der Waals surface area contributed by atoms with E-state index in [0.29, 0.717) is 5.02 Å². The summed E-state index contributed by atoms with van der Waals surface area (Å²) in [5, 5.41) is 9.31. The summed E-state index contributed by atoms with van der Waals surface area (Å²) in [6, 6.07) is 32.8. The first-order valence-electron chi connectivity index (χ1n) is 10.9. The third-order valence-electron chi connectivity index (χ3n) is 7.08. The maximum atomic E-state index is 6.81. The Kier molecular flexibility index (Phi) is 3.89. The Balaban J connectivity index is 1.65. The molecule has 0 heterocycles. The van der Waals surface area contributed by atoms with Crippen LogP contribution in [0.15, 0.2) is 91.0 Å². The van der Waals surface area contributed by atoms with Gasteiger partial charge >= 0.3 is 0 Å². The molecule has 0 saturated heterocycles. The van der Waals surface area contributed by atoms with Gasteiger partial charge < -0.3 is 0 Å². The molecule has 0 bridgehead atoms. The molecule has 0 fully saturated rings. The van der Waals surface area contributed by atoms with Gasteiger partial charge in [-0.05, 0) is 78.7 Å². The van der Waals surface area contributed by atoms with Gasteiger partial charge in [0.15, 0.2) is 0 Å². The largest absolute Gasteiger partial charge is 0.0843 e. The highest BCUT2D eigenvalue weighted by molar-refractivity contribution is 6.35. The summed E-state index contributed by atoms with van der Waals surface area (Å²) in [4.78, 5) is 0. The number of halogens is 2. The molecule has 0 radical (unpaired) electrons. The lowest BCUT2D eigenvalue weighted by molar-refractivity contribution is 0.897. The maximum Gasteiger partial charge on any atom is 0.0462 e. The Morgan fingerprint density at radius 2 is 1.38 bits per heavy atom. The van der Waals surface area contributed by atoms with E-state index >= 15 is 0 Å². The molecule has 1 aliphatic carbocycles. The van der Waals surface area contributed by atoms with Gasteiger partial charge in [0.05, 0.1) is 0 Å². The summed E-state index contributed by atoms with van der Waals surface area (Å²) in [5.74, 6) is 0.0734. The van der Waals surface area contributed by atoms with Crippen molar-refractivity contribution in [1.29, 1.82) is 0 Å². The predicted molar refractivity (Wildman–Crippen MR) is 137 cm³/mol. The lowest BCUT2D eigenvalue weighted by Crippen LogP contribution is -2.16. The quantitative estimate of drug-likeness (QED) is 0.219. The predicted octanol–water partition coefficient (Wildman–Crippen LogP) is 8.98. The molecule has 0 amide bonds. The molecule has 2 heteroatoms. The van der Waals surface area contributed by atoms with Crippen molar-refractivity contribution in [2.45, 2.75) is 12.3 Å². The van der Waals surface area contributed by atoms with Crippen LogP contribution in [-0.4, -0.2) is 0 Å². The fourth-order valence-electron chi connectivity index (χ4n) is 5.78. The van der Waals surface area contributed by atoms with E-state index in [1.54, 1.807) is 0 Å². The minimum Gasteiger partial charge on any atom is -0.0843 e. The smallest absolute Gasteiger partial charge is 0.0462 e. The number of rotatable bonds is 1. The molecule has 1 unspecified atom stereocenters. The SMILES string of the molecule is Clc1ccc(C2c3ccccc3Cc3cc4ccc5cccc6ccc(c32)c4c56)c(Cl)c1. The highest BCUT2D eigenvalue weighted by Crippen LogP contribution is 2.48. The average molecular weight is 449 g/mol. The van der Waals surface area contributed by atoms with Crippen LogP contribution in [0.2, 0.25) is 10.0 Å². The van der Waals surface area contributed by atoms with E-state index in [2.05, 4.69) is 78.9 Å². The van der Waals surface area contributed by atoms with Crippen LogP contribution < -0.4 is 0 Å². The molecule has 0 aromatic heterocycles. The van der Waals surface area contributed by atoms with E-state index in [0.717, 1.165) is 17.0 Å². The minimum atomic E-state index is 0.0734. The first-order chi connectivity index (χ1) is 15.7. The number of fused-ring (bicyclic) bond motifs is 3. The molecule has 7 rings (SSSR count). The summed E-state index contributed by atoms with van der Waals surface area (Å²) in [6.07, 6.45) is 0.934. The summed E-state index contributed by atoms with van der Waals surface area (Å²) >= 11 is 13.1.